The lowest BCUT2D eigenvalue weighted by molar-refractivity contribution is -0.139. The molecule has 2 aromatic heterocycles. The molecule has 0 bridgehead atoms. The minimum Gasteiger partial charge on any atom is -0.469 e. The van der Waals surface area contributed by atoms with E-state index in [-0.39, 0.29) is 12.4 Å². The average molecular weight is 397 g/mol. The maximum absolute atomic E-state index is 11.1. The Morgan fingerprint density at radius 3 is 2.88 bits per heavy atom. The number of hydrogen-bond donors (Lipinski definition) is 0. The molecule has 0 radical (unpaired) electrons. The molecule has 2 aromatic rings. The fourth-order valence-electron chi connectivity index (χ4n) is 1.17. The zero-order valence-corrected chi connectivity index (χ0v) is 13.5. The molecule has 0 amide bonds. The highest BCUT2D eigenvalue weighted by atomic mass is 79.9. The zero-order valence-electron chi connectivity index (χ0n) is 8.70. The Hall–Kier alpha value is -0.240. The zero-order chi connectivity index (χ0) is 12.4. The minimum atomic E-state index is -0.268. The summed E-state index contributed by atoms with van der Waals surface area (Å²) in [6.07, 6.45) is 0.223. The average Bonchev–Trinajstić information content (AvgIpc) is 2.87. The quantitative estimate of drug-likeness (QED) is 0.732. The van der Waals surface area contributed by atoms with E-state index >= 15 is 0 Å². The number of nitrogens with zero attached hydrogens (tertiary/aromatic N) is 1. The van der Waals surface area contributed by atoms with Gasteiger partial charge in [-0.05, 0) is 37.9 Å². The van der Waals surface area contributed by atoms with E-state index in [9.17, 15) is 4.79 Å². The van der Waals surface area contributed by atoms with Gasteiger partial charge < -0.3 is 4.74 Å². The first-order chi connectivity index (χ1) is 8.10. The summed E-state index contributed by atoms with van der Waals surface area (Å²) in [4.78, 5) is 16.6. The van der Waals surface area contributed by atoms with Gasteiger partial charge >= 0.3 is 5.97 Å². The van der Waals surface area contributed by atoms with Crippen LogP contribution in [0, 0.1) is 0 Å². The maximum Gasteiger partial charge on any atom is 0.311 e. The molecule has 0 aliphatic rings. The lowest BCUT2D eigenvalue weighted by Crippen LogP contribution is -2.04. The smallest absolute Gasteiger partial charge is 0.311 e. The molecule has 3 nitrogen and oxygen atoms in total. The molecule has 0 atom stereocenters. The maximum atomic E-state index is 11.1. The number of halogens is 2. The second-order valence-electron chi connectivity index (χ2n) is 3.13. The number of rotatable bonds is 3. The van der Waals surface area contributed by atoms with Crippen molar-refractivity contribution in [2.45, 2.75) is 6.42 Å². The van der Waals surface area contributed by atoms with E-state index < -0.39 is 0 Å². The Bertz CT molecular complexity index is 531. The third kappa shape index (κ3) is 3.15. The molecule has 2 heterocycles. The molecule has 0 saturated heterocycles. The first-order valence-corrected chi connectivity index (χ1v) is 7.85. The van der Waals surface area contributed by atoms with Crippen molar-refractivity contribution in [3.8, 4) is 9.88 Å². The number of esters is 1. The molecular formula is C10H7Br2NO2S2. The predicted molar refractivity (Wildman–Crippen MR) is 76.5 cm³/mol. The Morgan fingerprint density at radius 2 is 2.29 bits per heavy atom. The minimum absolute atomic E-state index is 0.223. The standard InChI is InChI=1S/C10H7Br2NO2S2/c1-15-8(14)2-5-4-16-10(13-5)7-3-6(11)9(12)17-7/h3-4H,2H2,1H3. The van der Waals surface area contributed by atoms with Gasteiger partial charge in [0.1, 0.15) is 5.01 Å². The lowest BCUT2D eigenvalue weighted by Gasteiger charge is -1.93. The van der Waals surface area contributed by atoms with Crippen LogP contribution in [0.1, 0.15) is 5.69 Å². The summed E-state index contributed by atoms with van der Waals surface area (Å²) in [5.74, 6) is -0.268. The highest BCUT2D eigenvalue weighted by molar-refractivity contribution is 9.13. The Kier molecular flexibility index (Phi) is 4.35. The van der Waals surface area contributed by atoms with Crippen molar-refractivity contribution in [2.75, 3.05) is 7.11 Å². The Balaban J connectivity index is 2.20. The van der Waals surface area contributed by atoms with Crippen LogP contribution in [0.2, 0.25) is 0 Å². The Morgan fingerprint density at radius 1 is 1.53 bits per heavy atom. The molecule has 0 aromatic carbocycles. The van der Waals surface area contributed by atoms with Gasteiger partial charge in [-0.1, -0.05) is 0 Å². The van der Waals surface area contributed by atoms with Gasteiger partial charge in [-0.2, -0.15) is 0 Å². The molecular weight excluding hydrogens is 390 g/mol. The number of thiazole rings is 1. The molecule has 0 saturated carbocycles. The molecule has 0 N–H and O–H groups in total. The van der Waals surface area contributed by atoms with Crippen molar-refractivity contribution in [1.82, 2.24) is 4.98 Å². The number of aromatic nitrogens is 1. The van der Waals surface area contributed by atoms with Gasteiger partial charge in [0.15, 0.2) is 0 Å². The van der Waals surface area contributed by atoms with E-state index in [4.69, 9.17) is 0 Å². The van der Waals surface area contributed by atoms with Crippen LogP contribution >= 0.6 is 54.5 Å². The SMILES string of the molecule is COC(=O)Cc1csc(-c2cc(Br)c(Br)s2)n1. The van der Waals surface area contributed by atoms with Gasteiger partial charge in [0, 0.05) is 9.85 Å². The van der Waals surface area contributed by atoms with E-state index in [0.717, 1.165) is 23.8 Å². The highest BCUT2D eigenvalue weighted by Crippen LogP contribution is 2.39. The van der Waals surface area contributed by atoms with Crippen molar-refractivity contribution in [3.63, 3.8) is 0 Å². The van der Waals surface area contributed by atoms with Crippen molar-refractivity contribution in [3.05, 3.63) is 25.4 Å². The van der Waals surface area contributed by atoms with Crippen LogP contribution < -0.4 is 0 Å². The van der Waals surface area contributed by atoms with E-state index in [1.807, 2.05) is 11.4 Å². The lowest BCUT2D eigenvalue weighted by atomic mass is 10.3. The van der Waals surface area contributed by atoms with Gasteiger partial charge in [-0.3, -0.25) is 4.79 Å². The molecule has 17 heavy (non-hydrogen) atoms. The summed E-state index contributed by atoms with van der Waals surface area (Å²) < 4.78 is 6.66. The van der Waals surface area contributed by atoms with Crippen LogP contribution in [0.3, 0.4) is 0 Å². The number of ether oxygens (including phenoxy) is 1. The van der Waals surface area contributed by atoms with Crippen LogP contribution in [0.5, 0.6) is 0 Å². The number of carbonyl (C=O) groups excluding carboxylic acids is 1. The first kappa shape index (κ1) is 13.2. The summed E-state index contributed by atoms with van der Waals surface area (Å²) in [5.41, 5.74) is 0.748. The van der Waals surface area contributed by atoms with Crippen LogP contribution in [0.4, 0.5) is 0 Å². The second-order valence-corrected chi connectivity index (χ2v) is 7.21. The molecule has 2 rings (SSSR count). The van der Waals surface area contributed by atoms with Gasteiger partial charge in [-0.15, -0.1) is 22.7 Å². The topological polar surface area (TPSA) is 39.2 Å². The summed E-state index contributed by atoms with van der Waals surface area (Å²) >= 11 is 10.0. The highest BCUT2D eigenvalue weighted by Gasteiger charge is 2.12. The Labute approximate surface area is 123 Å². The van der Waals surface area contributed by atoms with Crippen molar-refractivity contribution in [1.29, 1.82) is 0 Å². The van der Waals surface area contributed by atoms with Crippen LogP contribution in [0.25, 0.3) is 9.88 Å². The van der Waals surface area contributed by atoms with Crippen molar-refractivity contribution >= 4 is 60.5 Å². The molecule has 0 spiro atoms. The van der Waals surface area contributed by atoms with Crippen molar-refractivity contribution in [2.24, 2.45) is 0 Å². The van der Waals surface area contributed by atoms with Crippen LogP contribution in [-0.4, -0.2) is 18.1 Å². The molecule has 0 aliphatic heterocycles. The van der Waals surface area contributed by atoms with Gasteiger partial charge in [-0.25, -0.2) is 4.98 Å². The largest absolute Gasteiger partial charge is 0.469 e. The number of thiophene rings is 1. The predicted octanol–water partition coefficient (Wildman–Crippen LogP) is 4.11. The van der Waals surface area contributed by atoms with Crippen molar-refractivity contribution < 1.29 is 9.53 Å². The van der Waals surface area contributed by atoms with E-state index in [2.05, 4.69) is 41.6 Å². The number of hydrogen-bond acceptors (Lipinski definition) is 5. The second kappa shape index (κ2) is 5.60. The molecule has 0 fully saturated rings. The van der Waals surface area contributed by atoms with Crippen LogP contribution in [-0.2, 0) is 16.0 Å². The number of carbonyl (C=O) groups is 1. The third-order valence-corrected chi connectivity index (χ3v) is 6.28. The summed E-state index contributed by atoms with van der Waals surface area (Å²) in [6.45, 7) is 0. The fourth-order valence-corrected chi connectivity index (χ4v) is 4.09. The number of methoxy groups -OCH3 is 1. The monoisotopic (exact) mass is 395 g/mol. The third-order valence-electron chi connectivity index (χ3n) is 1.96. The normalized spacial score (nSPS) is 10.5. The molecule has 90 valence electrons. The summed E-state index contributed by atoms with van der Waals surface area (Å²) in [7, 11) is 1.38. The van der Waals surface area contributed by atoms with E-state index in [1.54, 1.807) is 11.3 Å². The van der Waals surface area contributed by atoms with Gasteiger partial charge in [0.05, 0.1) is 27.9 Å². The summed E-state index contributed by atoms with van der Waals surface area (Å²) in [6, 6.07) is 2.01. The van der Waals surface area contributed by atoms with Gasteiger partial charge in [0.25, 0.3) is 0 Å². The molecule has 7 heteroatoms. The van der Waals surface area contributed by atoms with Crippen LogP contribution in [0.15, 0.2) is 19.7 Å². The molecule has 0 unspecified atom stereocenters. The van der Waals surface area contributed by atoms with E-state index in [0.29, 0.717) is 0 Å². The summed E-state index contributed by atoms with van der Waals surface area (Å²) in [5, 5.41) is 2.80. The molecule has 0 aliphatic carbocycles. The van der Waals surface area contributed by atoms with Gasteiger partial charge in [0.2, 0.25) is 0 Å². The van der Waals surface area contributed by atoms with E-state index in [1.165, 1.54) is 18.4 Å². The first-order valence-electron chi connectivity index (χ1n) is 4.56. The fraction of sp³-hybridized carbons (Fsp3) is 0.200.